The summed E-state index contributed by atoms with van der Waals surface area (Å²) in [6, 6.07) is 8.56. The molecule has 1 aliphatic rings. The summed E-state index contributed by atoms with van der Waals surface area (Å²) in [5.74, 6) is 0. The molecule has 0 amide bonds. The van der Waals surface area contributed by atoms with E-state index >= 15 is 0 Å². The SMILES string of the molecule is CSC1(CNS(=O)(=O)c2ccccc2)CCCC1. The zero-order valence-corrected chi connectivity index (χ0v) is 12.2. The molecule has 0 spiro atoms. The summed E-state index contributed by atoms with van der Waals surface area (Å²) in [7, 11) is -3.36. The van der Waals surface area contributed by atoms with Crippen LogP contribution in [0.5, 0.6) is 0 Å². The molecule has 0 radical (unpaired) electrons. The summed E-state index contributed by atoms with van der Waals surface area (Å²) in [4.78, 5) is 0.347. The van der Waals surface area contributed by atoms with Crippen LogP contribution in [0.3, 0.4) is 0 Å². The second-order valence-electron chi connectivity index (χ2n) is 4.73. The Morgan fingerprint density at radius 2 is 1.83 bits per heavy atom. The molecule has 0 heterocycles. The van der Waals surface area contributed by atoms with Gasteiger partial charge < -0.3 is 0 Å². The van der Waals surface area contributed by atoms with E-state index in [4.69, 9.17) is 0 Å². The predicted octanol–water partition coefficient (Wildman–Crippen LogP) is 2.64. The Kier molecular flexibility index (Phi) is 4.35. The average Bonchev–Trinajstić information content (AvgIpc) is 2.87. The minimum Gasteiger partial charge on any atom is -0.210 e. The third-order valence-electron chi connectivity index (χ3n) is 3.59. The van der Waals surface area contributed by atoms with Crippen LogP contribution in [0.1, 0.15) is 25.7 Å². The van der Waals surface area contributed by atoms with Crippen LogP contribution >= 0.6 is 11.8 Å². The molecule has 1 N–H and O–H groups in total. The van der Waals surface area contributed by atoms with Gasteiger partial charge in [-0.3, -0.25) is 0 Å². The van der Waals surface area contributed by atoms with Crippen molar-refractivity contribution in [3.63, 3.8) is 0 Å². The average molecular weight is 285 g/mol. The van der Waals surface area contributed by atoms with Gasteiger partial charge in [0.1, 0.15) is 0 Å². The van der Waals surface area contributed by atoms with E-state index in [-0.39, 0.29) is 4.75 Å². The van der Waals surface area contributed by atoms with Gasteiger partial charge in [-0.1, -0.05) is 31.0 Å². The van der Waals surface area contributed by atoms with E-state index in [1.165, 1.54) is 12.8 Å². The van der Waals surface area contributed by atoms with Crippen LogP contribution in [-0.4, -0.2) is 26.0 Å². The molecule has 3 nitrogen and oxygen atoms in total. The highest BCUT2D eigenvalue weighted by Crippen LogP contribution is 2.39. The topological polar surface area (TPSA) is 46.2 Å². The number of benzene rings is 1. The lowest BCUT2D eigenvalue weighted by Gasteiger charge is -2.26. The molecule has 1 aliphatic carbocycles. The maximum Gasteiger partial charge on any atom is 0.240 e. The molecule has 0 unspecified atom stereocenters. The van der Waals surface area contributed by atoms with Crippen molar-refractivity contribution in [3.8, 4) is 0 Å². The first-order valence-corrected chi connectivity index (χ1v) is 8.89. The van der Waals surface area contributed by atoms with Gasteiger partial charge in [0, 0.05) is 11.3 Å². The van der Waals surface area contributed by atoms with Gasteiger partial charge in [-0.25, -0.2) is 13.1 Å². The Morgan fingerprint density at radius 1 is 1.22 bits per heavy atom. The van der Waals surface area contributed by atoms with Gasteiger partial charge in [-0.05, 0) is 31.2 Å². The maximum absolute atomic E-state index is 12.1. The van der Waals surface area contributed by atoms with Gasteiger partial charge in [0.05, 0.1) is 4.90 Å². The Bertz CT molecular complexity index is 479. The first-order chi connectivity index (χ1) is 8.58. The molecule has 2 rings (SSSR count). The number of sulfonamides is 1. The molecular weight excluding hydrogens is 266 g/mol. The van der Waals surface area contributed by atoms with Crippen molar-refractivity contribution < 1.29 is 8.42 Å². The molecule has 0 aliphatic heterocycles. The maximum atomic E-state index is 12.1. The standard InChI is InChI=1S/C13H19NO2S2/c1-17-13(9-5-6-10-13)11-14-18(15,16)12-7-3-2-4-8-12/h2-4,7-8,14H,5-6,9-11H2,1H3. The third-order valence-corrected chi connectivity index (χ3v) is 6.42. The van der Waals surface area contributed by atoms with E-state index in [9.17, 15) is 8.42 Å². The number of rotatable bonds is 5. The third kappa shape index (κ3) is 3.08. The van der Waals surface area contributed by atoms with Gasteiger partial charge in [-0.2, -0.15) is 11.8 Å². The highest BCUT2D eigenvalue weighted by molar-refractivity contribution is 8.00. The summed E-state index contributed by atoms with van der Waals surface area (Å²) in [5, 5.41) is 0. The van der Waals surface area contributed by atoms with Gasteiger partial charge in [0.15, 0.2) is 0 Å². The number of hydrogen-bond donors (Lipinski definition) is 1. The number of nitrogens with one attached hydrogen (secondary N) is 1. The molecule has 1 fully saturated rings. The van der Waals surface area contributed by atoms with E-state index in [0.717, 1.165) is 12.8 Å². The summed E-state index contributed by atoms with van der Waals surface area (Å²) >= 11 is 1.79. The van der Waals surface area contributed by atoms with Crippen LogP contribution in [-0.2, 0) is 10.0 Å². The second kappa shape index (κ2) is 5.63. The monoisotopic (exact) mass is 285 g/mol. The van der Waals surface area contributed by atoms with Gasteiger partial charge in [-0.15, -0.1) is 0 Å². The second-order valence-corrected chi connectivity index (χ2v) is 7.77. The smallest absolute Gasteiger partial charge is 0.210 e. The zero-order chi connectivity index (χ0) is 13.1. The summed E-state index contributed by atoms with van der Waals surface area (Å²) < 4.78 is 27.1. The van der Waals surface area contributed by atoms with Crippen LogP contribution in [0.4, 0.5) is 0 Å². The van der Waals surface area contributed by atoms with Gasteiger partial charge in [0.2, 0.25) is 10.0 Å². The summed E-state index contributed by atoms with van der Waals surface area (Å²) in [5.41, 5.74) is 0. The molecular formula is C13H19NO2S2. The number of hydrogen-bond acceptors (Lipinski definition) is 3. The summed E-state index contributed by atoms with van der Waals surface area (Å²) in [6.07, 6.45) is 6.68. The molecule has 0 aromatic heterocycles. The highest BCUT2D eigenvalue weighted by Gasteiger charge is 2.34. The largest absolute Gasteiger partial charge is 0.240 e. The van der Waals surface area contributed by atoms with Crippen molar-refractivity contribution in [3.05, 3.63) is 30.3 Å². The molecule has 1 aromatic carbocycles. The minimum absolute atomic E-state index is 0.0991. The predicted molar refractivity (Wildman–Crippen MR) is 76.3 cm³/mol. The van der Waals surface area contributed by atoms with E-state index in [0.29, 0.717) is 11.4 Å². The Morgan fingerprint density at radius 3 is 2.39 bits per heavy atom. The lowest BCUT2D eigenvalue weighted by molar-refractivity contribution is 0.551. The molecule has 1 saturated carbocycles. The normalized spacial score (nSPS) is 18.9. The molecule has 100 valence electrons. The zero-order valence-electron chi connectivity index (χ0n) is 10.6. The lowest BCUT2D eigenvalue weighted by Crippen LogP contribution is -2.38. The molecule has 0 saturated heterocycles. The molecule has 0 atom stereocenters. The van der Waals surface area contributed by atoms with Crippen LogP contribution < -0.4 is 4.72 Å². The Labute approximate surface area is 113 Å². The van der Waals surface area contributed by atoms with Crippen LogP contribution in [0.25, 0.3) is 0 Å². The molecule has 1 aromatic rings. The Hall–Kier alpha value is -0.520. The van der Waals surface area contributed by atoms with Crippen LogP contribution in [0.15, 0.2) is 35.2 Å². The molecule has 18 heavy (non-hydrogen) atoms. The fourth-order valence-corrected chi connectivity index (χ4v) is 4.54. The van der Waals surface area contributed by atoms with Crippen molar-refractivity contribution in [2.45, 2.75) is 35.3 Å². The van der Waals surface area contributed by atoms with Crippen molar-refractivity contribution in [2.75, 3.05) is 12.8 Å². The quantitative estimate of drug-likeness (QED) is 0.904. The summed E-state index contributed by atoms with van der Waals surface area (Å²) in [6.45, 7) is 0.533. The lowest BCUT2D eigenvalue weighted by atomic mass is 10.1. The van der Waals surface area contributed by atoms with E-state index in [1.54, 1.807) is 36.0 Å². The van der Waals surface area contributed by atoms with E-state index in [2.05, 4.69) is 11.0 Å². The molecule has 0 bridgehead atoms. The van der Waals surface area contributed by atoms with E-state index < -0.39 is 10.0 Å². The van der Waals surface area contributed by atoms with Crippen molar-refractivity contribution in [2.24, 2.45) is 0 Å². The van der Waals surface area contributed by atoms with Crippen molar-refractivity contribution >= 4 is 21.8 Å². The van der Waals surface area contributed by atoms with Gasteiger partial charge >= 0.3 is 0 Å². The van der Waals surface area contributed by atoms with E-state index in [1.807, 2.05) is 6.07 Å². The highest BCUT2D eigenvalue weighted by atomic mass is 32.2. The van der Waals surface area contributed by atoms with Crippen LogP contribution in [0.2, 0.25) is 0 Å². The van der Waals surface area contributed by atoms with Crippen molar-refractivity contribution in [1.29, 1.82) is 0 Å². The first-order valence-electron chi connectivity index (χ1n) is 6.18. The first kappa shape index (κ1) is 13.9. The van der Waals surface area contributed by atoms with Gasteiger partial charge in [0.25, 0.3) is 0 Å². The number of thioether (sulfide) groups is 1. The molecule has 5 heteroatoms. The fourth-order valence-electron chi connectivity index (χ4n) is 2.38. The van der Waals surface area contributed by atoms with Crippen LogP contribution in [0, 0.1) is 0 Å². The minimum atomic E-state index is -3.36. The Balaban J connectivity index is 2.06. The van der Waals surface area contributed by atoms with Crippen molar-refractivity contribution in [1.82, 2.24) is 4.72 Å². The fraction of sp³-hybridized carbons (Fsp3) is 0.538.